The van der Waals surface area contributed by atoms with Crippen LogP contribution in [-0.4, -0.2) is 19.1 Å². The standard InChI is InChI=1S/C15H15NO5/c1-19-13-5-3-4-11(8-13)10-21-14-7-6-12(16(17)18)9-15(14)20-2/h3-9H,10H2,1-2H3. The number of hydrogen-bond donors (Lipinski definition) is 0. The number of methoxy groups -OCH3 is 2. The minimum Gasteiger partial charge on any atom is -0.497 e. The van der Waals surface area contributed by atoms with Crippen LogP contribution in [0.3, 0.4) is 0 Å². The fourth-order valence-electron chi connectivity index (χ4n) is 1.81. The maximum Gasteiger partial charge on any atom is 0.273 e. The molecule has 2 aromatic carbocycles. The summed E-state index contributed by atoms with van der Waals surface area (Å²) in [4.78, 5) is 10.2. The zero-order chi connectivity index (χ0) is 15.2. The monoisotopic (exact) mass is 289 g/mol. The van der Waals surface area contributed by atoms with Crippen molar-refractivity contribution >= 4 is 5.69 Å². The number of non-ortho nitro benzene ring substituents is 1. The maximum atomic E-state index is 10.7. The summed E-state index contributed by atoms with van der Waals surface area (Å²) in [6.07, 6.45) is 0. The van der Waals surface area contributed by atoms with Crippen molar-refractivity contribution in [3.05, 3.63) is 58.1 Å². The molecule has 0 N–H and O–H groups in total. The molecule has 0 unspecified atom stereocenters. The lowest BCUT2D eigenvalue weighted by Gasteiger charge is -2.11. The Bertz CT molecular complexity index is 642. The van der Waals surface area contributed by atoms with E-state index in [1.165, 1.54) is 25.3 Å². The van der Waals surface area contributed by atoms with Gasteiger partial charge in [0.2, 0.25) is 0 Å². The topological polar surface area (TPSA) is 70.8 Å². The number of nitro groups is 1. The Balaban J connectivity index is 2.13. The number of nitrogens with zero attached hydrogens (tertiary/aromatic N) is 1. The molecule has 0 aliphatic rings. The molecule has 0 atom stereocenters. The van der Waals surface area contributed by atoms with Gasteiger partial charge in [-0.25, -0.2) is 0 Å². The summed E-state index contributed by atoms with van der Waals surface area (Å²) in [6.45, 7) is 0.311. The van der Waals surface area contributed by atoms with Gasteiger partial charge >= 0.3 is 0 Å². The van der Waals surface area contributed by atoms with Crippen LogP contribution < -0.4 is 14.2 Å². The van der Waals surface area contributed by atoms with Crippen LogP contribution in [0.5, 0.6) is 17.2 Å². The lowest BCUT2D eigenvalue weighted by molar-refractivity contribution is -0.385. The van der Waals surface area contributed by atoms with E-state index < -0.39 is 4.92 Å². The molecule has 0 saturated carbocycles. The third-order valence-electron chi connectivity index (χ3n) is 2.89. The Morgan fingerprint density at radius 1 is 1.05 bits per heavy atom. The molecule has 0 aliphatic carbocycles. The maximum absolute atomic E-state index is 10.7. The predicted molar refractivity (Wildman–Crippen MR) is 77.0 cm³/mol. The highest BCUT2D eigenvalue weighted by Gasteiger charge is 2.12. The lowest BCUT2D eigenvalue weighted by atomic mass is 10.2. The van der Waals surface area contributed by atoms with Crippen molar-refractivity contribution in [3.63, 3.8) is 0 Å². The fourth-order valence-corrected chi connectivity index (χ4v) is 1.81. The van der Waals surface area contributed by atoms with Gasteiger partial charge in [-0.1, -0.05) is 12.1 Å². The number of ether oxygens (including phenoxy) is 3. The Morgan fingerprint density at radius 3 is 2.52 bits per heavy atom. The van der Waals surface area contributed by atoms with Crippen molar-refractivity contribution in [3.8, 4) is 17.2 Å². The second-order valence-corrected chi connectivity index (χ2v) is 4.23. The average Bonchev–Trinajstić information content (AvgIpc) is 2.52. The Hall–Kier alpha value is -2.76. The van der Waals surface area contributed by atoms with Crippen LogP contribution in [0.1, 0.15) is 5.56 Å². The number of rotatable bonds is 6. The second-order valence-electron chi connectivity index (χ2n) is 4.23. The van der Waals surface area contributed by atoms with E-state index in [-0.39, 0.29) is 5.69 Å². The molecule has 0 aromatic heterocycles. The van der Waals surface area contributed by atoms with E-state index >= 15 is 0 Å². The van der Waals surface area contributed by atoms with Crippen molar-refractivity contribution in [2.24, 2.45) is 0 Å². The summed E-state index contributed by atoms with van der Waals surface area (Å²) in [7, 11) is 3.04. The van der Waals surface area contributed by atoms with Crippen molar-refractivity contribution in [2.75, 3.05) is 14.2 Å². The van der Waals surface area contributed by atoms with E-state index in [0.29, 0.717) is 18.1 Å². The molecule has 2 aromatic rings. The van der Waals surface area contributed by atoms with Crippen LogP contribution in [-0.2, 0) is 6.61 Å². The molecule has 0 radical (unpaired) electrons. The lowest BCUT2D eigenvalue weighted by Crippen LogP contribution is -1.99. The summed E-state index contributed by atoms with van der Waals surface area (Å²) in [6, 6.07) is 11.7. The van der Waals surface area contributed by atoms with Gasteiger partial charge in [-0.05, 0) is 23.8 Å². The van der Waals surface area contributed by atoms with Gasteiger partial charge in [0.15, 0.2) is 11.5 Å². The van der Waals surface area contributed by atoms with Gasteiger partial charge in [0.1, 0.15) is 12.4 Å². The Morgan fingerprint density at radius 2 is 1.86 bits per heavy atom. The zero-order valence-corrected chi connectivity index (χ0v) is 11.7. The van der Waals surface area contributed by atoms with Gasteiger partial charge in [-0.15, -0.1) is 0 Å². The molecule has 2 rings (SSSR count). The molecule has 21 heavy (non-hydrogen) atoms. The molecular formula is C15H15NO5. The first-order valence-electron chi connectivity index (χ1n) is 6.22. The van der Waals surface area contributed by atoms with E-state index in [1.54, 1.807) is 7.11 Å². The van der Waals surface area contributed by atoms with Crippen molar-refractivity contribution < 1.29 is 19.1 Å². The summed E-state index contributed by atoms with van der Waals surface area (Å²) in [5.41, 5.74) is 0.885. The molecule has 110 valence electrons. The van der Waals surface area contributed by atoms with E-state index in [4.69, 9.17) is 14.2 Å². The van der Waals surface area contributed by atoms with Gasteiger partial charge in [0, 0.05) is 6.07 Å². The predicted octanol–water partition coefficient (Wildman–Crippen LogP) is 3.19. The van der Waals surface area contributed by atoms with Crippen LogP contribution in [0, 0.1) is 10.1 Å². The molecule has 0 heterocycles. The number of nitro benzene ring substituents is 1. The van der Waals surface area contributed by atoms with Gasteiger partial charge in [0.05, 0.1) is 25.2 Å². The Labute approximate surface area is 122 Å². The van der Waals surface area contributed by atoms with Crippen molar-refractivity contribution in [1.29, 1.82) is 0 Å². The van der Waals surface area contributed by atoms with E-state index in [2.05, 4.69) is 0 Å². The third-order valence-corrected chi connectivity index (χ3v) is 2.89. The van der Waals surface area contributed by atoms with Gasteiger partial charge in [0.25, 0.3) is 5.69 Å². The minimum atomic E-state index is -0.478. The molecule has 0 saturated heterocycles. The summed E-state index contributed by atoms with van der Waals surface area (Å²) in [5, 5.41) is 10.7. The molecule has 6 nitrogen and oxygen atoms in total. The quantitative estimate of drug-likeness (QED) is 0.603. The first-order valence-corrected chi connectivity index (χ1v) is 6.22. The highest BCUT2D eigenvalue weighted by Crippen LogP contribution is 2.31. The second kappa shape index (κ2) is 6.60. The third kappa shape index (κ3) is 3.62. The smallest absolute Gasteiger partial charge is 0.273 e. The van der Waals surface area contributed by atoms with Gasteiger partial charge in [-0.2, -0.15) is 0 Å². The minimum absolute atomic E-state index is 0.0411. The van der Waals surface area contributed by atoms with E-state index in [0.717, 1.165) is 11.3 Å². The van der Waals surface area contributed by atoms with Crippen LogP contribution in [0.2, 0.25) is 0 Å². The highest BCUT2D eigenvalue weighted by molar-refractivity contribution is 5.48. The van der Waals surface area contributed by atoms with Gasteiger partial charge < -0.3 is 14.2 Å². The van der Waals surface area contributed by atoms with E-state index in [9.17, 15) is 10.1 Å². The van der Waals surface area contributed by atoms with Crippen molar-refractivity contribution in [1.82, 2.24) is 0 Å². The molecule has 6 heteroatoms. The summed E-state index contributed by atoms with van der Waals surface area (Å²) in [5.74, 6) is 1.52. The van der Waals surface area contributed by atoms with Crippen LogP contribution in [0.4, 0.5) is 5.69 Å². The van der Waals surface area contributed by atoms with Crippen LogP contribution in [0.25, 0.3) is 0 Å². The highest BCUT2D eigenvalue weighted by atomic mass is 16.6. The zero-order valence-electron chi connectivity index (χ0n) is 11.7. The van der Waals surface area contributed by atoms with Gasteiger partial charge in [-0.3, -0.25) is 10.1 Å². The molecule has 0 spiro atoms. The summed E-state index contributed by atoms with van der Waals surface area (Å²) >= 11 is 0. The molecule has 0 fully saturated rings. The average molecular weight is 289 g/mol. The first kappa shape index (κ1) is 14.6. The van der Waals surface area contributed by atoms with Crippen LogP contribution in [0.15, 0.2) is 42.5 Å². The number of hydrogen-bond acceptors (Lipinski definition) is 5. The van der Waals surface area contributed by atoms with Crippen LogP contribution >= 0.6 is 0 Å². The molecule has 0 amide bonds. The SMILES string of the molecule is COc1cccc(COc2ccc([N+](=O)[O-])cc2OC)c1. The normalized spacial score (nSPS) is 10.0. The van der Waals surface area contributed by atoms with Crippen molar-refractivity contribution in [2.45, 2.75) is 6.61 Å². The first-order chi connectivity index (χ1) is 10.1. The summed E-state index contributed by atoms with van der Waals surface area (Å²) < 4.78 is 15.9. The van der Waals surface area contributed by atoms with E-state index in [1.807, 2.05) is 24.3 Å². The molecule has 0 aliphatic heterocycles. The molecule has 0 bridgehead atoms. The molecular weight excluding hydrogens is 274 g/mol. The fraction of sp³-hybridized carbons (Fsp3) is 0.200. The number of benzene rings is 2. The largest absolute Gasteiger partial charge is 0.497 e. The Kier molecular flexibility index (Phi) is 4.61.